The van der Waals surface area contributed by atoms with Crippen molar-refractivity contribution >= 4 is 11.6 Å². The van der Waals surface area contributed by atoms with Crippen molar-refractivity contribution in [3.63, 3.8) is 0 Å². The van der Waals surface area contributed by atoms with Crippen molar-refractivity contribution in [3.05, 3.63) is 75.8 Å². The summed E-state index contributed by atoms with van der Waals surface area (Å²) in [4.78, 5) is 24.7. The zero-order valence-electron chi connectivity index (χ0n) is 13.8. The third-order valence-electron chi connectivity index (χ3n) is 4.08. The molecule has 0 aromatic heterocycles. The molecule has 0 aliphatic rings. The van der Waals surface area contributed by atoms with Crippen LogP contribution in [0.4, 0.5) is 5.69 Å². The Morgan fingerprint density at radius 3 is 2.38 bits per heavy atom. The van der Waals surface area contributed by atoms with Gasteiger partial charge in [0, 0.05) is 24.7 Å². The molecule has 0 spiro atoms. The first-order valence-electron chi connectivity index (χ1n) is 7.69. The molecule has 6 heteroatoms. The molecule has 1 amide bonds. The van der Waals surface area contributed by atoms with Gasteiger partial charge in [-0.2, -0.15) is 0 Å². The van der Waals surface area contributed by atoms with E-state index in [1.54, 1.807) is 32.2 Å². The second-order valence-corrected chi connectivity index (χ2v) is 5.81. The first kappa shape index (κ1) is 17.6. The average Bonchev–Trinajstić information content (AvgIpc) is 2.60. The molecule has 24 heavy (non-hydrogen) atoms. The predicted octanol–water partition coefficient (Wildman–Crippen LogP) is 2.89. The molecule has 0 saturated carbocycles. The molecule has 0 heterocycles. The molecule has 0 aliphatic heterocycles. The maximum Gasteiger partial charge on any atom is 0.274 e. The normalized spacial score (nSPS) is 13.1. The molecule has 0 radical (unpaired) electrons. The van der Waals surface area contributed by atoms with E-state index >= 15 is 0 Å². The van der Waals surface area contributed by atoms with Crippen molar-refractivity contribution in [3.8, 4) is 0 Å². The van der Waals surface area contributed by atoms with Gasteiger partial charge in [0.15, 0.2) is 0 Å². The Hall–Kier alpha value is -2.73. The lowest BCUT2D eigenvalue weighted by atomic mass is 9.94. The minimum Gasteiger partial charge on any atom is -0.341 e. The Bertz CT molecular complexity index is 718. The summed E-state index contributed by atoms with van der Waals surface area (Å²) in [6, 6.07) is 15.4. The van der Waals surface area contributed by atoms with Crippen LogP contribution in [0.15, 0.2) is 54.6 Å². The van der Waals surface area contributed by atoms with Gasteiger partial charge in [0.1, 0.15) is 0 Å². The quantitative estimate of drug-likeness (QED) is 0.652. The zero-order chi connectivity index (χ0) is 17.7. The van der Waals surface area contributed by atoms with Crippen molar-refractivity contribution in [2.45, 2.75) is 19.5 Å². The lowest BCUT2D eigenvalue weighted by Crippen LogP contribution is -2.36. The van der Waals surface area contributed by atoms with Crippen LogP contribution in [-0.2, 0) is 11.3 Å². The van der Waals surface area contributed by atoms with Gasteiger partial charge in [-0.1, -0.05) is 55.5 Å². The van der Waals surface area contributed by atoms with E-state index in [1.807, 2.05) is 30.3 Å². The summed E-state index contributed by atoms with van der Waals surface area (Å²) >= 11 is 0. The first-order chi connectivity index (χ1) is 11.4. The van der Waals surface area contributed by atoms with E-state index in [9.17, 15) is 14.9 Å². The number of nitro benzene ring substituents is 1. The van der Waals surface area contributed by atoms with E-state index < -0.39 is 16.9 Å². The molecule has 0 aliphatic carbocycles. The molecule has 0 saturated heterocycles. The fourth-order valence-corrected chi connectivity index (χ4v) is 2.62. The number of benzene rings is 2. The molecule has 6 nitrogen and oxygen atoms in total. The Morgan fingerprint density at radius 1 is 1.17 bits per heavy atom. The van der Waals surface area contributed by atoms with Gasteiger partial charge in [0.05, 0.1) is 17.4 Å². The van der Waals surface area contributed by atoms with Gasteiger partial charge in [0.25, 0.3) is 5.69 Å². The van der Waals surface area contributed by atoms with Crippen LogP contribution in [0, 0.1) is 16.0 Å². The van der Waals surface area contributed by atoms with Crippen LogP contribution in [0.25, 0.3) is 0 Å². The van der Waals surface area contributed by atoms with Gasteiger partial charge >= 0.3 is 0 Å². The summed E-state index contributed by atoms with van der Waals surface area (Å²) in [5, 5.41) is 11.1. The van der Waals surface area contributed by atoms with Crippen LogP contribution in [0.3, 0.4) is 0 Å². The number of hydrogen-bond acceptors (Lipinski definition) is 4. The first-order valence-corrected chi connectivity index (χ1v) is 7.69. The van der Waals surface area contributed by atoms with Crippen molar-refractivity contribution in [1.29, 1.82) is 0 Å². The van der Waals surface area contributed by atoms with Crippen LogP contribution in [0.1, 0.15) is 24.1 Å². The third-order valence-corrected chi connectivity index (χ3v) is 4.08. The molecular weight excluding hydrogens is 306 g/mol. The summed E-state index contributed by atoms with van der Waals surface area (Å²) in [7, 11) is 1.63. The average molecular weight is 327 g/mol. The maximum atomic E-state index is 12.6. The van der Waals surface area contributed by atoms with Crippen molar-refractivity contribution < 1.29 is 9.72 Å². The van der Waals surface area contributed by atoms with Crippen LogP contribution >= 0.6 is 0 Å². The van der Waals surface area contributed by atoms with E-state index in [0.29, 0.717) is 5.56 Å². The second-order valence-electron chi connectivity index (χ2n) is 5.81. The maximum absolute atomic E-state index is 12.6. The molecule has 0 fully saturated rings. The fraction of sp³-hybridized carbons (Fsp3) is 0.278. The Morgan fingerprint density at radius 2 is 1.75 bits per heavy atom. The summed E-state index contributed by atoms with van der Waals surface area (Å²) in [5.74, 6) is -0.579. The number of nitrogens with two attached hydrogens (primary N) is 1. The van der Waals surface area contributed by atoms with Gasteiger partial charge in [-0.25, -0.2) is 0 Å². The molecule has 0 unspecified atom stereocenters. The number of hydrogen-bond donors (Lipinski definition) is 1. The van der Waals surface area contributed by atoms with E-state index in [4.69, 9.17) is 5.73 Å². The van der Waals surface area contributed by atoms with E-state index in [-0.39, 0.29) is 18.1 Å². The molecular formula is C18H21N3O3. The highest BCUT2D eigenvalue weighted by atomic mass is 16.6. The number of carbonyl (C=O) groups excluding carboxylic acids is 1. The minimum atomic E-state index is -0.438. The number of nitro groups is 1. The minimum absolute atomic E-state index is 0.0113. The standard InChI is InChI=1S/C18H21N3O3/c1-13(17(19)14-8-4-3-5-9-14)18(22)20(2)12-15-10-6-7-11-16(15)21(23)24/h3-11,13,17H,12,19H2,1-2H3/t13-,17+/m0/s1. The highest BCUT2D eigenvalue weighted by Gasteiger charge is 2.26. The molecule has 126 valence electrons. The monoisotopic (exact) mass is 327 g/mol. The van der Waals surface area contributed by atoms with E-state index in [1.165, 1.54) is 11.0 Å². The predicted molar refractivity (Wildman–Crippen MR) is 92.1 cm³/mol. The van der Waals surface area contributed by atoms with Crippen LogP contribution < -0.4 is 5.73 Å². The zero-order valence-corrected chi connectivity index (χ0v) is 13.8. The van der Waals surface area contributed by atoms with Crippen LogP contribution in [0.2, 0.25) is 0 Å². The SMILES string of the molecule is C[C@H](C(=O)N(C)Cc1ccccc1[N+](=O)[O-])[C@@H](N)c1ccccc1. The molecule has 2 aromatic carbocycles. The number of amides is 1. The second kappa shape index (κ2) is 7.70. The third kappa shape index (κ3) is 3.97. The van der Waals surface area contributed by atoms with Crippen molar-refractivity contribution in [2.24, 2.45) is 11.7 Å². The lowest BCUT2D eigenvalue weighted by molar-refractivity contribution is -0.385. The Labute approximate surface area is 141 Å². The highest BCUT2D eigenvalue weighted by molar-refractivity contribution is 5.79. The summed E-state index contributed by atoms with van der Waals surface area (Å²) < 4.78 is 0. The summed E-state index contributed by atoms with van der Waals surface area (Å²) in [6.07, 6.45) is 0. The smallest absolute Gasteiger partial charge is 0.274 e. The number of carbonyl (C=O) groups is 1. The molecule has 2 rings (SSSR count). The molecule has 2 atom stereocenters. The fourth-order valence-electron chi connectivity index (χ4n) is 2.62. The topological polar surface area (TPSA) is 89.5 Å². The molecule has 2 aromatic rings. The van der Waals surface area contributed by atoms with Gasteiger partial charge < -0.3 is 10.6 Å². The van der Waals surface area contributed by atoms with Gasteiger partial charge in [-0.15, -0.1) is 0 Å². The van der Waals surface area contributed by atoms with Gasteiger partial charge in [0.2, 0.25) is 5.91 Å². The summed E-state index contributed by atoms with van der Waals surface area (Å²) in [5.41, 5.74) is 7.59. The van der Waals surface area contributed by atoms with Gasteiger partial charge in [-0.05, 0) is 5.56 Å². The van der Waals surface area contributed by atoms with E-state index in [2.05, 4.69) is 0 Å². The summed E-state index contributed by atoms with van der Waals surface area (Å²) in [6.45, 7) is 1.94. The van der Waals surface area contributed by atoms with Crippen LogP contribution in [0.5, 0.6) is 0 Å². The number of nitrogens with zero attached hydrogens (tertiary/aromatic N) is 2. The number of rotatable bonds is 6. The highest BCUT2D eigenvalue weighted by Crippen LogP contribution is 2.23. The van der Waals surface area contributed by atoms with E-state index in [0.717, 1.165) is 5.56 Å². The lowest BCUT2D eigenvalue weighted by Gasteiger charge is -2.25. The van der Waals surface area contributed by atoms with Crippen molar-refractivity contribution in [1.82, 2.24) is 4.90 Å². The van der Waals surface area contributed by atoms with Crippen LogP contribution in [-0.4, -0.2) is 22.8 Å². The largest absolute Gasteiger partial charge is 0.341 e. The molecule has 2 N–H and O–H groups in total. The Balaban J connectivity index is 2.11. The number of para-hydroxylation sites is 1. The van der Waals surface area contributed by atoms with Crippen molar-refractivity contribution in [2.75, 3.05) is 7.05 Å². The molecule has 0 bridgehead atoms. The Kier molecular flexibility index (Phi) is 5.65. The van der Waals surface area contributed by atoms with Gasteiger partial charge in [-0.3, -0.25) is 14.9 Å².